The number of piperidine rings is 1. The zero-order chi connectivity index (χ0) is 12.3. The van der Waals surface area contributed by atoms with Gasteiger partial charge in [-0.05, 0) is 37.9 Å². The van der Waals surface area contributed by atoms with Gasteiger partial charge in [-0.1, -0.05) is 18.0 Å². The Bertz CT molecular complexity index is 391. The van der Waals surface area contributed by atoms with Gasteiger partial charge < -0.3 is 10.1 Å². The molecule has 4 heteroatoms. The summed E-state index contributed by atoms with van der Waals surface area (Å²) in [5, 5.41) is 3.78. The molecule has 1 aromatic rings. The van der Waals surface area contributed by atoms with Crippen molar-refractivity contribution in [1.29, 1.82) is 0 Å². The lowest BCUT2D eigenvalue weighted by Gasteiger charge is -2.24. The summed E-state index contributed by atoms with van der Waals surface area (Å²) < 4.78 is 18.6. The van der Waals surface area contributed by atoms with Crippen molar-refractivity contribution in [3.05, 3.63) is 28.5 Å². The maximum atomic E-state index is 13.3. The number of hydrogen-bond donors (Lipinski definition) is 1. The predicted molar refractivity (Wildman–Crippen MR) is 67.3 cm³/mol. The first-order valence-electron chi connectivity index (χ1n) is 5.96. The van der Waals surface area contributed by atoms with Crippen LogP contribution in [0.4, 0.5) is 4.39 Å². The van der Waals surface area contributed by atoms with E-state index < -0.39 is 0 Å². The third-order valence-electron chi connectivity index (χ3n) is 3.17. The number of hydrogen-bond acceptors (Lipinski definition) is 2. The minimum absolute atomic E-state index is 0.304. The van der Waals surface area contributed by atoms with Gasteiger partial charge in [-0.25, -0.2) is 4.39 Å². The first-order valence-corrected chi connectivity index (χ1v) is 6.34. The van der Waals surface area contributed by atoms with Crippen LogP contribution in [0.1, 0.15) is 24.8 Å². The molecule has 1 aliphatic heterocycles. The van der Waals surface area contributed by atoms with Crippen LogP contribution in [0.15, 0.2) is 12.1 Å². The van der Waals surface area contributed by atoms with E-state index in [1.165, 1.54) is 25.0 Å². The zero-order valence-electron chi connectivity index (χ0n) is 9.93. The summed E-state index contributed by atoms with van der Waals surface area (Å²) in [6.45, 7) is 1.04. The summed E-state index contributed by atoms with van der Waals surface area (Å²) in [5.41, 5.74) is 0.844. The Morgan fingerprint density at radius 1 is 1.47 bits per heavy atom. The Kier molecular flexibility index (Phi) is 4.24. The highest BCUT2D eigenvalue weighted by atomic mass is 35.5. The van der Waals surface area contributed by atoms with Crippen molar-refractivity contribution in [3.63, 3.8) is 0 Å². The second kappa shape index (κ2) is 5.69. The van der Waals surface area contributed by atoms with Crippen LogP contribution in [0.25, 0.3) is 0 Å². The van der Waals surface area contributed by atoms with Gasteiger partial charge >= 0.3 is 0 Å². The van der Waals surface area contributed by atoms with Gasteiger partial charge in [-0.15, -0.1) is 0 Å². The molecule has 1 fully saturated rings. The standard InChI is InChI=1S/C13H17ClFNO/c1-17-13-9(6-10(15)8-12(13)14)7-11-4-2-3-5-16-11/h6,8,11,16H,2-5,7H2,1H3. The normalized spacial score (nSPS) is 20.3. The molecule has 17 heavy (non-hydrogen) atoms. The lowest BCUT2D eigenvalue weighted by molar-refractivity contribution is 0.380. The Balaban J connectivity index is 2.18. The molecule has 1 heterocycles. The van der Waals surface area contributed by atoms with E-state index >= 15 is 0 Å². The molecule has 1 aromatic carbocycles. The van der Waals surface area contributed by atoms with Gasteiger partial charge in [0.25, 0.3) is 0 Å². The van der Waals surface area contributed by atoms with E-state index in [2.05, 4.69) is 5.32 Å². The zero-order valence-corrected chi connectivity index (χ0v) is 10.7. The maximum absolute atomic E-state index is 13.3. The Labute approximate surface area is 106 Å². The smallest absolute Gasteiger partial charge is 0.140 e. The largest absolute Gasteiger partial charge is 0.495 e. The number of methoxy groups -OCH3 is 1. The Morgan fingerprint density at radius 3 is 2.94 bits per heavy atom. The van der Waals surface area contributed by atoms with Gasteiger partial charge in [0.15, 0.2) is 0 Å². The van der Waals surface area contributed by atoms with Crippen LogP contribution in [0.5, 0.6) is 5.75 Å². The Hall–Kier alpha value is -0.800. The van der Waals surface area contributed by atoms with Crippen LogP contribution in [0, 0.1) is 5.82 Å². The summed E-state index contributed by atoms with van der Waals surface area (Å²) in [6, 6.07) is 3.20. The summed E-state index contributed by atoms with van der Waals surface area (Å²) in [7, 11) is 1.57. The van der Waals surface area contributed by atoms with E-state index in [0.29, 0.717) is 16.8 Å². The number of nitrogens with one attached hydrogen (secondary N) is 1. The summed E-state index contributed by atoms with van der Waals surface area (Å²) in [6.07, 6.45) is 4.33. The SMILES string of the molecule is COc1c(Cl)cc(F)cc1CC1CCCCN1. The molecule has 0 amide bonds. The van der Waals surface area contributed by atoms with E-state index in [-0.39, 0.29) is 5.82 Å². The molecule has 0 aliphatic carbocycles. The van der Waals surface area contributed by atoms with E-state index in [4.69, 9.17) is 16.3 Å². The lowest BCUT2D eigenvalue weighted by Crippen LogP contribution is -2.35. The van der Waals surface area contributed by atoms with Gasteiger partial charge in [0.1, 0.15) is 11.6 Å². The molecule has 0 bridgehead atoms. The van der Waals surface area contributed by atoms with Crippen molar-refractivity contribution >= 4 is 11.6 Å². The average molecular weight is 258 g/mol. The van der Waals surface area contributed by atoms with Crippen LogP contribution in [-0.4, -0.2) is 19.7 Å². The lowest BCUT2D eigenvalue weighted by atomic mass is 9.97. The van der Waals surface area contributed by atoms with Crippen molar-refractivity contribution in [3.8, 4) is 5.75 Å². The molecule has 1 N–H and O–H groups in total. The fourth-order valence-corrected chi connectivity index (χ4v) is 2.66. The molecule has 94 valence electrons. The molecule has 1 atom stereocenters. The quantitative estimate of drug-likeness (QED) is 0.898. The van der Waals surface area contributed by atoms with E-state index in [1.807, 2.05) is 0 Å². The van der Waals surface area contributed by atoms with Crippen molar-refractivity contribution < 1.29 is 9.13 Å². The van der Waals surface area contributed by atoms with Crippen LogP contribution >= 0.6 is 11.6 Å². The number of benzene rings is 1. The first-order chi connectivity index (χ1) is 8.20. The van der Waals surface area contributed by atoms with Gasteiger partial charge in [0.05, 0.1) is 12.1 Å². The van der Waals surface area contributed by atoms with E-state index in [9.17, 15) is 4.39 Å². The Morgan fingerprint density at radius 2 is 2.29 bits per heavy atom. The van der Waals surface area contributed by atoms with Crippen molar-refractivity contribution in [2.45, 2.75) is 31.7 Å². The molecule has 1 unspecified atom stereocenters. The van der Waals surface area contributed by atoms with Crippen LogP contribution < -0.4 is 10.1 Å². The molecule has 2 rings (SSSR count). The van der Waals surface area contributed by atoms with Crippen molar-refractivity contribution in [2.75, 3.05) is 13.7 Å². The van der Waals surface area contributed by atoms with E-state index in [1.54, 1.807) is 7.11 Å². The summed E-state index contributed by atoms with van der Waals surface area (Å²) in [5.74, 6) is 0.294. The minimum Gasteiger partial charge on any atom is -0.495 e. The van der Waals surface area contributed by atoms with Crippen molar-refractivity contribution in [1.82, 2.24) is 5.32 Å². The van der Waals surface area contributed by atoms with E-state index in [0.717, 1.165) is 24.9 Å². The molecule has 1 saturated heterocycles. The fraction of sp³-hybridized carbons (Fsp3) is 0.538. The maximum Gasteiger partial charge on any atom is 0.140 e. The van der Waals surface area contributed by atoms with Gasteiger partial charge in [-0.2, -0.15) is 0 Å². The average Bonchev–Trinajstić information content (AvgIpc) is 2.30. The van der Waals surface area contributed by atoms with Gasteiger partial charge in [0.2, 0.25) is 0 Å². The molecule has 0 radical (unpaired) electrons. The van der Waals surface area contributed by atoms with Crippen molar-refractivity contribution in [2.24, 2.45) is 0 Å². The molecular formula is C13H17ClFNO. The second-order valence-electron chi connectivity index (χ2n) is 4.43. The van der Waals surface area contributed by atoms with Crippen LogP contribution in [-0.2, 0) is 6.42 Å². The number of halogens is 2. The number of rotatable bonds is 3. The van der Waals surface area contributed by atoms with Gasteiger partial charge in [0, 0.05) is 11.6 Å². The monoisotopic (exact) mass is 257 g/mol. The van der Waals surface area contributed by atoms with Gasteiger partial charge in [-0.3, -0.25) is 0 Å². The fourth-order valence-electron chi connectivity index (χ4n) is 2.36. The predicted octanol–water partition coefficient (Wildman–Crippen LogP) is 3.17. The molecule has 2 nitrogen and oxygen atoms in total. The molecule has 0 spiro atoms. The third kappa shape index (κ3) is 3.11. The highest BCUT2D eigenvalue weighted by molar-refractivity contribution is 6.32. The van der Waals surface area contributed by atoms with Crippen LogP contribution in [0.3, 0.4) is 0 Å². The summed E-state index contributed by atoms with van der Waals surface area (Å²) >= 11 is 5.97. The second-order valence-corrected chi connectivity index (χ2v) is 4.84. The molecule has 1 aliphatic rings. The minimum atomic E-state index is -0.304. The number of ether oxygens (including phenoxy) is 1. The topological polar surface area (TPSA) is 21.3 Å². The molecular weight excluding hydrogens is 241 g/mol. The van der Waals surface area contributed by atoms with Crippen LogP contribution in [0.2, 0.25) is 5.02 Å². The molecule has 0 saturated carbocycles. The first kappa shape index (κ1) is 12.7. The highest BCUT2D eigenvalue weighted by Gasteiger charge is 2.17. The highest BCUT2D eigenvalue weighted by Crippen LogP contribution is 2.31. The third-order valence-corrected chi connectivity index (χ3v) is 3.45. The molecule has 0 aromatic heterocycles. The summed E-state index contributed by atoms with van der Waals surface area (Å²) in [4.78, 5) is 0.